The molecule has 0 saturated carbocycles. The van der Waals surface area contributed by atoms with Crippen LogP contribution in [0.25, 0.3) is 0 Å². The average Bonchev–Trinajstić information content (AvgIpc) is 2.55. The van der Waals surface area contributed by atoms with Crippen LogP contribution < -0.4 is 10.6 Å². The fourth-order valence-electron chi connectivity index (χ4n) is 2.53. The number of hydrogen-bond acceptors (Lipinski definition) is 2. The van der Waals surface area contributed by atoms with Gasteiger partial charge in [0.2, 0.25) is 11.8 Å². The quantitative estimate of drug-likeness (QED) is 0.672. The van der Waals surface area contributed by atoms with Gasteiger partial charge in [0.1, 0.15) is 0 Å². The fourth-order valence-corrected chi connectivity index (χ4v) is 2.69. The smallest absolute Gasteiger partial charge is 0.227 e. The van der Waals surface area contributed by atoms with E-state index in [9.17, 15) is 9.59 Å². The van der Waals surface area contributed by atoms with Gasteiger partial charge in [0.05, 0.1) is 10.7 Å². The van der Waals surface area contributed by atoms with Crippen molar-refractivity contribution < 1.29 is 9.59 Å². The maximum atomic E-state index is 12.2. The first-order chi connectivity index (χ1) is 11.4. The topological polar surface area (TPSA) is 58.2 Å². The Morgan fingerprint density at radius 3 is 2.21 bits per heavy atom. The lowest BCUT2D eigenvalue weighted by atomic mass is 10.0. The van der Waals surface area contributed by atoms with Crippen molar-refractivity contribution in [3.63, 3.8) is 0 Å². The summed E-state index contributed by atoms with van der Waals surface area (Å²) in [7, 11) is 0. The Hall–Kier alpha value is -1.55. The second-order valence-electron chi connectivity index (χ2n) is 6.40. The molecule has 2 amide bonds. The number of amides is 2. The Kier molecular flexibility index (Phi) is 8.83. The monoisotopic (exact) mass is 352 g/mol. The largest absolute Gasteiger partial charge is 0.352 e. The first-order valence-corrected chi connectivity index (χ1v) is 9.13. The molecule has 0 aliphatic heterocycles. The van der Waals surface area contributed by atoms with E-state index in [1.807, 2.05) is 26.0 Å². The van der Waals surface area contributed by atoms with E-state index < -0.39 is 0 Å². The summed E-state index contributed by atoms with van der Waals surface area (Å²) in [6.45, 7) is 8.39. The first kappa shape index (κ1) is 20.5. The van der Waals surface area contributed by atoms with E-state index in [1.165, 1.54) is 0 Å². The second-order valence-corrected chi connectivity index (χ2v) is 6.81. The van der Waals surface area contributed by atoms with E-state index in [2.05, 4.69) is 24.5 Å². The lowest BCUT2D eigenvalue weighted by Crippen LogP contribution is -2.28. The number of anilines is 1. The number of rotatable bonds is 9. The third-order valence-corrected chi connectivity index (χ3v) is 4.42. The molecule has 0 heterocycles. The molecule has 134 valence electrons. The molecule has 1 aromatic carbocycles. The predicted molar refractivity (Wildman–Crippen MR) is 100 cm³/mol. The van der Waals surface area contributed by atoms with E-state index >= 15 is 0 Å². The highest BCUT2D eigenvalue weighted by molar-refractivity contribution is 6.33. The highest BCUT2D eigenvalue weighted by Gasteiger charge is 2.14. The molecule has 1 rings (SSSR count). The van der Waals surface area contributed by atoms with Crippen LogP contribution in [0.15, 0.2) is 18.2 Å². The van der Waals surface area contributed by atoms with Gasteiger partial charge in [-0.3, -0.25) is 9.59 Å². The Morgan fingerprint density at radius 2 is 1.62 bits per heavy atom. The first-order valence-electron chi connectivity index (χ1n) is 8.76. The zero-order chi connectivity index (χ0) is 18.1. The highest BCUT2D eigenvalue weighted by atomic mass is 35.5. The molecule has 0 aliphatic carbocycles. The maximum Gasteiger partial charge on any atom is 0.227 e. The molecule has 2 N–H and O–H groups in total. The summed E-state index contributed by atoms with van der Waals surface area (Å²) < 4.78 is 0. The number of hydrogen-bond donors (Lipinski definition) is 2. The third kappa shape index (κ3) is 6.52. The second kappa shape index (κ2) is 10.3. The molecular weight excluding hydrogens is 324 g/mol. The van der Waals surface area contributed by atoms with Crippen molar-refractivity contribution in [2.75, 3.05) is 5.32 Å². The van der Waals surface area contributed by atoms with Crippen molar-refractivity contribution >= 4 is 29.1 Å². The SMILES string of the molecule is CCC[C@@H](C)C(=O)NCc1ccc(Cl)c(NC(=O)[C@H](C)CCC)c1. The number of halogens is 1. The van der Waals surface area contributed by atoms with Crippen LogP contribution in [0.5, 0.6) is 0 Å². The van der Waals surface area contributed by atoms with E-state index in [-0.39, 0.29) is 23.7 Å². The molecule has 1 aromatic rings. The molecule has 0 bridgehead atoms. The van der Waals surface area contributed by atoms with Crippen molar-refractivity contribution in [3.05, 3.63) is 28.8 Å². The lowest BCUT2D eigenvalue weighted by molar-refractivity contribution is -0.125. The Morgan fingerprint density at radius 1 is 1.04 bits per heavy atom. The zero-order valence-electron chi connectivity index (χ0n) is 15.1. The Balaban J connectivity index is 2.69. The minimum atomic E-state index is -0.0516. The van der Waals surface area contributed by atoms with Gasteiger partial charge in [0.25, 0.3) is 0 Å². The molecule has 0 saturated heterocycles. The number of carbonyl (C=O) groups excluding carboxylic acids is 2. The van der Waals surface area contributed by atoms with Crippen molar-refractivity contribution in [2.24, 2.45) is 11.8 Å². The van der Waals surface area contributed by atoms with Gasteiger partial charge in [-0.2, -0.15) is 0 Å². The number of carbonyl (C=O) groups is 2. The van der Waals surface area contributed by atoms with Crippen molar-refractivity contribution in [3.8, 4) is 0 Å². The van der Waals surface area contributed by atoms with Crippen molar-refractivity contribution in [1.82, 2.24) is 5.32 Å². The summed E-state index contributed by atoms with van der Waals surface area (Å²) >= 11 is 6.17. The van der Waals surface area contributed by atoms with Gasteiger partial charge in [0.15, 0.2) is 0 Å². The minimum absolute atomic E-state index is 0.0105. The van der Waals surface area contributed by atoms with E-state index in [0.717, 1.165) is 31.2 Å². The van der Waals surface area contributed by atoms with Crippen LogP contribution in [0.3, 0.4) is 0 Å². The minimum Gasteiger partial charge on any atom is -0.352 e. The molecule has 0 fully saturated rings. The summed E-state index contributed by atoms with van der Waals surface area (Å²) in [5.41, 5.74) is 1.51. The summed E-state index contributed by atoms with van der Waals surface area (Å²) in [5.74, 6) is -0.0221. The maximum absolute atomic E-state index is 12.2. The predicted octanol–water partition coefficient (Wildman–Crippen LogP) is 4.77. The zero-order valence-corrected chi connectivity index (χ0v) is 15.9. The van der Waals surface area contributed by atoms with Gasteiger partial charge >= 0.3 is 0 Å². The fraction of sp³-hybridized carbons (Fsp3) is 0.579. The molecule has 0 radical (unpaired) electrons. The molecule has 0 aliphatic rings. The average molecular weight is 353 g/mol. The van der Waals surface area contributed by atoms with Crippen LogP contribution in [0, 0.1) is 11.8 Å². The molecule has 2 atom stereocenters. The van der Waals surface area contributed by atoms with Gasteiger partial charge in [-0.25, -0.2) is 0 Å². The number of nitrogens with one attached hydrogen (secondary N) is 2. The van der Waals surface area contributed by atoms with Crippen LogP contribution in [0.2, 0.25) is 5.02 Å². The van der Waals surface area contributed by atoms with Crippen LogP contribution in [0.4, 0.5) is 5.69 Å². The van der Waals surface area contributed by atoms with Crippen molar-refractivity contribution in [2.45, 2.75) is 59.9 Å². The van der Waals surface area contributed by atoms with Gasteiger partial charge < -0.3 is 10.6 Å². The molecule has 5 heteroatoms. The summed E-state index contributed by atoms with van der Waals surface area (Å²) in [6.07, 6.45) is 3.67. The molecule has 0 spiro atoms. The molecular formula is C19H29ClN2O2. The van der Waals surface area contributed by atoms with Gasteiger partial charge in [-0.15, -0.1) is 0 Å². The molecule has 0 aromatic heterocycles. The number of benzene rings is 1. The third-order valence-electron chi connectivity index (χ3n) is 4.09. The summed E-state index contributed by atoms with van der Waals surface area (Å²) in [5, 5.41) is 6.32. The van der Waals surface area contributed by atoms with Crippen LogP contribution in [-0.4, -0.2) is 11.8 Å². The van der Waals surface area contributed by atoms with Gasteiger partial charge in [-0.1, -0.05) is 58.2 Å². The van der Waals surface area contributed by atoms with Crippen LogP contribution in [0.1, 0.15) is 58.9 Å². The summed E-state index contributed by atoms with van der Waals surface area (Å²) in [4.78, 5) is 24.1. The highest BCUT2D eigenvalue weighted by Crippen LogP contribution is 2.24. The van der Waals surface area contributed by atoms with Gasteiger partial charge in [-0.05, 0) is 30.5 Å². The van der Waals surface area contributed by atoms with E-state index in [1.54, 1.807) is 6.07 Å². The lowest BCUT2D eigenvalue weighted by Gasteiger charge is -2.14. The molecule has 0 unspecified atom stereocenters. The molecule has 4 nitrogen and oxygen atoms in total. The Bertz CT molecular complexity index is 560. The van der Waals surface area contributed by atoms with E-state index in [4.69, 9.17) is 11.6 Å². The van der Waals surface area contributed by atoms with Crippen LogP contribution >= 0.6 is 11.6 Å². The molecule has 24 heavy (non-hydrogen) atoms. The van der Waals surface area contributed by atoms with Crippen LogP contribution in [-0.2, 0) is 16.1 Å². The Labute approximate surface area is 150 Å². The van der Waals surface area contributed by atoms with Gasteiger partial charge in [0, 0.05) is 18.4 Å². The standard InChI is InChI=1S/C19H29ClN2O2/c1-5-7-13(3)18(23)21-12-15-9-10-16(20)17(11-15)22-19(24)14(4)8-6-2/h9-11,13-14H,5-8,12H2,1-4H3,(H,21,23)(H,22,24)/t13-,14-/m1/s1. The van der Waals surface area contributed by atoms with Crippen molar-refractivity contribution in [1.29, 1.82) is 0 Å². The normalized spacial score (nSPS) is 13.2. The van der Waals surface area contributed by atoms with E-state index in [0.29, 0.717) is 17.3 Å². The summed E-state index contributed by atoms with van der Waals surface area (Å²) in [6, 6.07) is 5.43.